The van der Waals surface area contributed by atoms with Gasteiger partial charge in [-0.2, -0.15) is 0 Å². The van der Waals surface area contributed by atoms with Gasteiger partial charge in [-0.3, -0.25) is 4.79 Å². The highest BCUT2D eigenvalue weighted by atomic mass is 16.2. The molecule has 2 heteroatoms. The van der Waals surface area contributed by atoms with Gasteiger partial charge >= 0.3 is 0 Å². The molecule has 0 aliphatic heterocycles. The minimum Gasteiger partial charge on any atom is -0.345 e. The Morgan fingerprint density at radius 1 is 1.39 bits per heavy atom. The number of allylic oxidation sites excluding steroid dienone is 2. The topological polar surface area (TPSA) is 20.3 Å². The first-order valence-electron chi connectivity index (χ1n) is 7.47. The zero-order valence-electron chi connectivity index (χ0n) is 12.1. The monoisotopic (exact) mass is 249 g/mol. The molecule has 0 radical (unpaired) electrons. The van der Waals surface area contributed by atoms with Crippen LogP contribution in [0.15, 0.2) is 12.2 Å². The van der Waals surface area contributed by atoms with Crippen molar-refractivity contribution in [1.82, 2.24) is 4.90 Å². The second-order valence-electron chi connectivity index (χ2n) is 6.48. The molecule has 0 spiro atoms. The molecule has 0 N–H and O–H groups in total. The van der Waals surface area contributed by atoms with Crippen molar-refractivity contribution in [2.45, 2.75) is 52.4 Å². The van der Waals surface area contributed by atoms with Crippen LogP contribution in [0.25, 0.3) is 0 Å². The number of carbonyl (C=O) groups is 1. The molecule has 2 aliphatic carbocycles. The first-order valence-corrected chi connectivity index (χ1v) is 7.47. The summed E-state index contributed by atoms with van der Waals surface area (Å²) in [5, 5.41) is 0. The highest BCUT2D eigenvalue weighted by Crippen LogP contribution is 2.55. The molecule has 2 aliphatic rings. The van der Waals surface area contributed by atoms with Gasteiger partial charge in [-0.25, -0.2) is 0 Å². The SMILES string of the molecule is CCC=CCCC1CC1(C)CN(C)C(=O)C1CC1. The Hall–Kier alpha value is -0.790. The van der Waals surface area contributed by atoms with Crippen molar-refractivity contribution in [1.29, 1.82) is 0 Å². The number of amides is 1. The molecule has 0 bridgehead atoms. The van der Waals surface area contributed by atoms with Gasteiger partial charge in [0.05, 0.1) is 0 Å². The van der Waals surface area contributed by atoms with Crippen molar-refractivity contribution in [2.75, 3.05) is 13.6 Å². The van der Waals surface area contributed by atoms with Gasteiger partial charge < -0.3 is 4.90 Å². The Balaban J connectivity index is 1.69. The maximum Gasteiger partial charge on any atom is 0.225 e. The van der Waals surface area contributed by atoms with Crippen LogP contribution in [0.2, 0.25) is 0 Å². The standard InChI is InChI=1S/C16H27NO/c1-4-5-6-7-8-14-11-16(14,2)12-17(3)15(18)13-9-10-13/h5-6,13-14H,4,7-12H2,1-3H3. The molecule has 0 aromatic rings. The Morgan fingerprint density at radius 3 is 2.72 bits per heavy atom. The maximum atomic E-state index is 11.9. The van der Waals surface area contributed by atoms with Crippen LogP contribution in [0.3, 0.4) is 0 Å². The molecule has 2 rings (SSSR count). The molecule has 2 unspecified atom stereocenters. The molecule has 2 fully saturated rings. The zero-order valence-corrected chi connectivity index (χ0v) is 12.1. The largest absolute Gasteiger partial charge is 0.345 e. The van der Waals surface area contributed by atoms with E-state index in [1.54, 1.807) is 0 Å². The van der Waals surface area contributed by atoms with E-state index in [9.17, 15) is 4.79 Å². The van der Waals surface area contributed by atoms with Gasteiger partial charge in [0.15, 0.2) is 0 Å². The quantitative estimate of drug-likeness (QED) is 0.631. The minimum absolute atomic E-state index is 0.364. The van der Waals surface area contributed by atoms with Crippen molar-refractivity contribution in [2.24, 2.45) is 17.3 Å². The molecule has 0 aromatic carbocycles. The lowest BCUT2D eigenvalue weighted by molar-refractivity contribution is -0.132. The predicted octanol–water partition coefficient (Wildman–Crippen LogP) is 3.63. The Kier molecular flexibility index (Phi) is 4.14. The summed E-state index contributed by atoms with van der Waals surface area (Å²) in [5.41, 5.74) is 0.402. The van der Waals surface area contributed by atoms with Crippen molar-refractivity contribution in [3.63, 3.8) is 0 Å². The molecule has 2 nitrogen and oxygen atoms in total. The zero-order chi connectivity index (χ0) is 13.2. The highest BCUT2D eigenvalue weighted by Gasteiger charge is 2.50. The number of nitrogens with zero attached hydrogens (tertiary/aromatic N) is 1. The van der Waals surface area contributed by atoms with Crippen LogP contribution in [0.1, 0.15) is 52.4 Å². The number of hydrogen-bond acceptors (Lipinski definition) is 1. The van der Waals surface area contributed by atoms with Crippen molar-refractivity contribution in [3.05, 3.63) is 12.2 Å². The fourth-order valence-electron chi connectivity index (χ4n) is 2.99. The van der Waals surface area contributed by atoms with Gasteiger partial charge in [-0.15, -0.1) is 0 Å². The summed E-state index contributed by atoms with van der Waals surface area (Å²) in [6.45, 7) is 5.48. The lowest BCUT2D eigenvalue weighted by Crippen LogP contribution is -2.33. The van der Waals surface area contributed by atoms with Crippen LogP contribution in [0.5, 0.6) is 0 Å². The molecule has 2 atom stereocenters. The van der Waals surface area contributed by atoms with E-state index >= 15 is 0 Å². The fourth-order valence-corrected chi connectivity index (χ4v) is 2.99. The lowest BCUT2D eigenvalue weighted by atomic mass is 10.0. The van der Waals surface area contributed by atoms with Crippen molar-refractivity contribution >= 4 is 5.91 Å². The van der Waals surface area contributed by atoms with Gasteiger partial charge in [0.25, 0.3) is 0 Å². The van der Waals surface area contributed by atoms with Gasteiger partial charge in [0.2, 0.25) is 5.91 Å². The summed E-state index contributed by atoms with van der Waals surface area (Å²) in [7, 11) is 1.98. The van der Waals surface area contributed by atoms with Crippen LogP contribution >= 0.6 is 0 Å². The molecule has 18 heavy (non-hydrogen) atoms. The molecule has 102 valence electrons. The first kappa shape index (κ1) is 13.6. The predicted molar refractivity (Wildman–Crippen MR) is 75.2 cm³/mol. The average molecular weight is 249 g/mol. The molecule has 0 saturated heterocycles. The van der Waals surface area contributed by atoms with E-state index in [-0.39, 0.29) is 0 Å². The van der Waals surface area contributed by atoms with E-state index in [0.717, 1.165) is 31.7 Å². The summed E-state index contributed by atoms with van der Waals surface area (Å²) < 4.78 is 0. The Labute approximate surface area is 111 Å². The third kappa shape index (κ3) is 3.37. The van der Waals surface area contributed by atoms with Gasteiger partial charge in [0.1, 0.15) is 0 Å². The van der Waals surface area contributed by atoms with Crippen LogP contribution in [0, 0.1) is 17.3 Å². The van der Waals surface area contributed by atoms with Crippen molar-refractivity contribution in [3.8, 4) is 0 Å². The van der Waals surface area contributed by atoms with Crippen LogP contribution < -0.4 is 0 Å². The molecular weight excluding hydrogens is 222 g/mol. The molecule has 1 amide bonds. The third-order valence-corrected chi connectivity index (χ3v) is 4.52. The normalized spacial score (nSPS) is 30.7. The molecule has 0 aromatic heterocycles. The average Bonchev–Trinajstić information content (AvgIpc) is 3.21. The molecule has 0 heterocycles. The number of rotatable bonds is 7. The maximum absolute atomic E-state index is 11.9. The van der Waals surface area contributed by atoms with Crippen LogP contribution in [-0.4, -0.2) is 24.4 Å². The first-order chi connectivity index (χ1) is 8.57. The Morgan fingerprint density at radius 2 is 2.11 bits per heavy atom. The summed E-state index contributed by atoms with van der Waals surface area (Å²) in [6.07, 6.45) is 11.7. The number of carbonyl (C=O) groups excluding carboxylic acids is 1. The fraction of sp³-hybridized carbons (Fsp3) is 0.812. The van der Waals surface area contributed by atoms with E-state index in [2.05, 4.69) is 26.0 Å². The van der Waals surface area contributed by atoms with E-state index in [1.165, 1.54) is 19.3 Å². The molecular formula is C16H27NO. The third-order valence-electron chi connectivity index (χ3n) is 4.52. The smallest absolute Gasteiger partial charge is 0.225 e. The second kappa shape index (κ2) is 5.46. The van der Waals surface area contributed by atoms with E-state index in [1.807, 2.05) is 11.9 Å². The van der Waals surface area contributed by atoms with Gasteiger partial charge in [-0.1, -0.05) is 26.0 Å². The lowest BCUT2D eigenvalue weighted by Gasteiger charge is -2.22. The Bertz CT molecular complexity index is 332. The minimum atomic E-state index is 0.364. The van der Waals surface area contributed by atoms with E-state index in [4.69, 9.17) is 0 Å². The highest BCUT2D eigenvalue weighted by molar-refractivity contribution is 5.80. The second-order valence-corrected chi connectivity index (χ2v) is 6.48. The molecule has 2 saturated carbocycles. The van der Waals surface area contributed by atoms with Gasteiger partial charge in [0, 0.05) is 19.5 Å². The van der Waals surface area contributed by atoms with Gasteiger partial charge in [-0.05, 0) is 49.9 Å². The summed E-state index contributed by atoms with van der Waals surface area (Å²) in [4.78, 5) is 13.9. The van der Waals surface area contributed by atoms with Crippen LogP contribution in [0.4, 0.5) is 0 Å². The van der Waals surface area contributed by atoms with E-state index < -0.39 is 0 Å². The van der Waals surface area contributed by atoms with Crippen molar-refractivity contribution < 1.29 is 4.79 Å². The number of hydrogen-bond donors (Lipinski definition) is 0. The summed E-state index contributed by atoms with van der Waals surface area (Å²) in [6, 6.07) is 0. The van der Waals surface area contributed by atoms with Crippen LogP contribution in [-0.2, 0) is 4.79 Å². The summed E-state index contributed by atoms with van der Waals surface area (Å²) in [5.74, 6) is 1.57. The summed E-state index contributed by atoms with van der Waals surface area (Å²) >= 11 is 0. The van der Waals surface area contributed by atoms with E-state index in [0.29, 0.717) is 17.2 Å².